The van der Waals surface area contributed by atoms with Crippen molar-refractivity contribution < 1.29 is 4.79 Å². The molecule has 2 N–H and O–H groups in total. The molecule has 0 saturated heterocycles. The summed E-state index contributed by atoms with van der Waals surface area (Å²) < 4.78 is 1.45. The van der Waals surface area contributed by atoms with Crippen LogP contribution in [0.1, 0.15) is 18.2 Å². The van der Waals surface area contributed by atoms with Crippen molar-refractivity contribution in [3.05, 3.63) is 75.2 Å². The lowest BCUT2D eigenvalue weighted by molar-refractivity contribution is -0.114. The highest BCUT2D eigenvalue weighted by molar-refractivity contribution is 6.30. The van der Waals surface area contributed by atoms with Crippen molar-refractivity contribution in [3.63, 3.8) is 0 Å². The molecular formula is C19H17ClN4O2. The highest BCUT2D eigenvalue weighted by atomic mass is 35.5. The standard InChI is InChI=1S/C19H17ClN4O2/c1-12-18(11-21-15-5-7-16(8-6-15)22-13(2)25)19(26)24(23-12)17-9-3-14(20)4-10-17/h3-11,23H,1-2H3,(H,22,25). The molecule has 0 bridgehead atoms. The summed E-state index contributed by atoms with van der Waals surface area (Å²) in [6, 6.07) is 14.0. The molecule has 0 aliphatic rings. The van der Waals surface area contributed by atoms with Gasteiger partial charge in [0.15, 0.2) is 0 Å². The number of rotatable bonds is 4. The number of aromatic nitrogens is 2. The van der Waals surface area contributed by atoms with Gasteiger partial charge in [0, 0.05) is 29.5 Å². The molecule has 1 aromatic heterocycles. The number of carbonyl (C=O) groups excluding carboxylic acids is 1. The fourth-order valence-corrected chi connectivity index (χ4v) is 2.58. The molecule has 0 radical (unpaired) electrons. The lowest BCUT2D eigenvalue weighted by atomic mass is 10.2. The minimum absolute atomic E-state index is 0.132. The van der Waals surface area contributed by atoms with Crippen LogP contribution in [-0.4, -0.2) is 21.9 Å². The summed E-state index contributed by atoms with van der Waals surface area (Å²) in [6.45, 7) is 3.27. The van der Waals surface area contributed by atoms with Crippen LogP contribution < -0.4 is 10.9 Å². The smallest absolute Gasteiger partial charge is 0.280 e. The number of H-pyrrole nitrogens is 1. The first-order chi connectivity index (χ1) is 12.4. The van der Waals surface area contributed by atoms with Gasteiger partial charge in [0.25, 0.3) is 5.56 Å². The molecule has 132 valence electrons. The number of amides is 1. The minimum Gasteiger partial charge on any atom is -0.326 e. The maximum absolute atomic E-state index is 12.6. The second-order valence-electron chi connectivity index (χ2n) is 5.75. The number of benzene rings is 2. The van der Waals surface area contributed by atoms with Gasteiger partial charge in [-0.2, -0.15) is 0 Å². The van der Waals surface area contributed by atoms with E-state index in [2.05, 4.69) is 15.4 Å². The Labute approximate surface area is 155 Å². The second-order valence-corrected chi connectivity index (χ2v) is 6.19. The number of nitrogens with zero attached hydrogens (tertiary/aromatic N) is 2. The number of hydrogen-bond donors (Lipinski definition) is 2. The zero-order valence-electron chi connectivity index (χ0n) is 14.3. The van der Waals surface area contributed by atoms with Crippen LogP contribution in [0.4, 0.5) is 11.4 Å². The maximum Gasteiger partial charge on any atom is 0.280 e. The summed E-state index contributed by atoms with van der Waals surface area (Å²) in [5, 5.41) is 6.34. The van der Waals surface area contributed by atoms with Gasteiger partial charge in [-0.1, -0.05) is 11.6 Å². The van der Waals surface area contributed by atoms with Crippen LogP contribution in [0.3, 0.4) is 0 Å². The van der Waals surface area contributed by atoms with Gasteiger partial charge < -0.3 is 5.32 Å². The highest BCUT2D eigenvalue weighted by Gasteiger charge is 2.10. The number of aromatic amines is 1. The molecule has 1 amide bonds. The van der Waals surface area contributed by atoms with E-state index in [0.717, 1.165) is 0 Å². The van der Waals surface area contributed by atoms with Crippen LogP contribution in [0.2, 0.25) is 5.02 Å². The van der Waals surface area contributed by atoms with Crippen molar-refractivity contribution >= 4 is 35.1 Å². The molecule has 2 aromatic carbocycles. The van der Waals surface area contributed by atoms with Crippen molar-refractivity contribution in [1.82, 2.24) is 9.78 Å². The Bertz CT molecular complexity index is 1020. The van der Waals surface area contributed by atoms with Crippen LogP contribution in [0.15, 0.2) is 58.3 Å². The highest BCUT2D eigenvalue weighted by Crippen LogP contribution is 2.17. The molecule has 0 saturated carbocycles. The first-order valence-corrected chi connectivity index (χ1v) is 8.31. The van der Waals surface area contributed by atoms with Gasteiger partial charge in [0.2, 0.25) is 5.91 Å². The van der Waals surface area contributed by atoms with Crippen LogP contribution in [0.5, 0.6) is 0 Å². The molecule has 0 unspecified atom stereocenters. The summed E-state index contributed by atoms with van der Waals surface area (Å²) in [7, 11) is 0. The molecule has 0 atom stereocenters. The average molecular weight is 369 g/mol. The number of nitrogens with one attached hydrogen (secondary N) is 2. The van der Waals surface area contributed by atoms with E-state index in [1.165, 1.54) is 17.8 Å². The molecule has 7 heteroatoms. The van der Waals surface area contributed by atoms with Gasteiger partial charge in [-0.3, -0.25) is 19.7 Å². The summed E-state index contributed by atoms with van der Waals surface area (Å²) in [6.07, 6.45) is 1.54. The SMILES string of the molecule is CC(=O)Nc1ccc(N=Cc2c(C)[nH]n(-c3ccc(Cl)cc3)c2=O)cc1. The quantitative estimate of drug-likeness (QED) is 0.686. The first kappa shape index (κ1) is 17.7. The lowest BCUT2D eigenvalue weighted by Crippen LogP contribution is -2.17. The van der Waals surface area contributed by atoms with E-state index in [1.54, 1.807) is 48.5 Å². The fourth-order valence-electron chi connectivity index (χ4n) is 2.46. The third-order valence-electron chi connectivity index (χ3n) is 3.73. The molecule has 3 aromatic rings. The molecule has 3 rings (SSSR count). The largest absolute Gasteiger partial charge is 0.326 e. The Morgan fingerprint density at radius 1 is 1.15 bits per heavy atom. The molecule has 26 heavy (non-hydrogen) atoms. The number of aliphatic imine (C=N–C) groups is 1. The molecule has 6 nitrogen and oxygen atoms in total. The summed E-state index contributed by atoms with van der Waals surface area (Å²) in [5.41, 5.74) is 3.07. The van der Waals surface area contributed by atoms with Crippen LogP contribution >= 0.6 is 11.6 Å². The zero-order chi connectivity index (χ0) is 18.7. The summed E-state index contributed by atoms with van der Waals surface area (Å²) in [4.78, 5) is 28.0. The lowest BCUT2D eigenvalue weighted by Gasteiger charge is -2.01. The Morgan fingerprint density at radius 3 is 2.42 bits per heavy atom. The Balaban J connectivity index is 1.86. The number of halogens is 1. The third-order valence-corrected chi connectivity index (χ3v) is 3.98. The molecule has 0 spiro atoms. The molecule has 1 heterocycles. The van der Waals surface area contributed by atoms with E-state index in [0.29, 0.717) is 33.3 Å². The molecular weight excluding hydrogens is 352 g/mol. The van der Waals surface area contributed by atoms with Crippen molar-refractivity contribution in [1.29, 1.82) is 0 Å². The molecule has 0 aliphatic heterocycles. The van der Waals surface area contributed by atoms with Gasteiger partial charge in [-0.25, -0.2) is 4.68 Å². The van der Waals surface area contributed by atoms with Gasteiger partial charge in [0.1, 0.15) is 0 Å². The Morgan fingerprint density at radius 2 is 1.81 bits per heavy atom. The normalized spacial score (nSPS) is 11.0. The Hall–Kier alpha value is -3.12. The predicted octanol–water partition coefficient (Wildman–Crippen LogP) is 3.84. The topological polar surface area (TPSA) is 79.2 Å². The van der Waals surface area contributed by atoms with Crippen LogP contribution in [0, 0.1) is 6.92 Å². The van der Waals surface area contributed by atoms with Gasteiger partial charge in [-0.15, -0.1) is 0 Å². The number of anilines is 1. The summed E-state index contributed by atoms with van der Waals surface area (Å²) in [5.74, 6) is -0.132. The number of carbonyl (C=O) groups is 1. The Kier molecular flexibility index (Phi) is 5.04. The third kappa shape index (κ3) is 3.92. The first-order valence-electron chi connectivity index (χ1n) is 7.93. The summed E-state index contributed by atoms with van der Waals surface area (Å²) >= 11 is 5.89. The number of aryl methyl sites for hydroxylation is 1. The van der Waals surface area contributed by atoms with Gasteiger partial charge in [0.05, 0.1) is 16.9 Å². The minimum atomic E-state index is -0.191. The van der Waals surface area contributed by atoms with Crippen molar-refractivity contribution in [3.8, 4) is 5.69 Å². The monoisotopic (exact) mass is 368 g/mol. The van der Waals surface area contributed by atoms with Crippen molar-refractivity contribution in [2.75, 3.05) is 5.32 Å². The van der Waals surface area contributed by atoms with Crippen molar-refractivity contribution in [2.24, 2.45) is 4.99 Å². The second kappa shape index (κ2) is 7.41. The van der Waals surface area contributed by atoms with E-state index in [4.69, 9.17) is 11.6 Å². The zero-order valence-corrected chi connectivity index (χ0v) is 15.0. The van der Waals surface area contributed by atoms with E-state index in [1.807, 2.05) is 6.92 Å². The molecule has 0 aliphatic carbocycles. The van der Waals surface area contributed by atoms with E-state index in [-0.39, 0.29) is 11.5 Å². The van der Waals surface area contributed by atoms with Gasteiger partial charge in [-0.05, 0) is 55.5 Å². The van der Waals surface area contributed by atoms with Crippen LogP contribution in [-0.2, 0) is 4.79 Å². The van der Waals surface area contributed by atoms with Crippen molar-refractivity contribution in [2.45, 2.75) is 13.8 Å². The predicted molar refractivity (Wildman–Crippen MR) is 104 cm³/mol. The van der Waals surface area contributed by atoms with Gasteiger partial charge >= 0.3 is 0 Å². The number of hydrogen-bond acceptors (Lipinski definition) is 3. The fraction of sp³-hybridized carbons (Fsp3) is 0.105. The van der Waals surface area contributed by atoms with E-state index in [9.17, 15) is 9.59 Å². The van der Waals surface area contributed by atoms with Crippen LogP contribution in [0.25, 0.3) is 5.69 Å². The van der Waals surface area contributed by atoms with E-state index >= 15 is 0 Å². The van der Waals surface area contributed by atoms with E-state index < -0.39 is 0 Å². The molecule has 0 fully saturated rings. The average Bonchev–Trinajstić information content (AvgIpc) is 2.89. The maximum atomic E-state index is 12.6.